The first-order chi connectivity index (χ1) is 11.9. The van der Waals surface area contributed by atoms with Crippen LogP contribution in [0.3, 0.4) is 0 Å². The molecular weight excluding hydrogens is 330 g/mol. The van der Waals surface area contributed by atoms with Crippen molar-refractivity contribution in [3.8, 4) is 0 Å². The van der Waals surface area contributed by atoms with Crippen molar-refractivity contribution in [2.24, 2.45) is 11.3 Å². The molecule has 3 heterocycles. The zero-order valence-electron chi connectivity index (χ0n) is 13.8. The van der Waals surface area contributed by atoms with Crippen LogP contribution in [0.5, 0.6) is 0 Å². The molecule has 134 valence electrons. The van der Waals surface area contributed by atoms with Gasteiger partial charge in [-0.1, -0.05) is 0 Å². The molecule has 4 rings (SSSR count). The summed E-state index contributed by atoms with van der Waals surface area (Å²) < 4.78 is 28.8. The van der Waals surface area contributed by atoms with Crippen LogP contribution in [0.4, 0.5) is 8.78 Å². The number of alkyl halides is 2. The topological polar surface area (TPSA) is 66.4 Å². The number of piperidine rings is 1. The maximum absolute atomic E-state index is 14.4. The Hall–Kier alpha value is -2.12. The van der Waals surface area contributed by atoms with Crippen molar-refractivity contribution < 1.29 is 18.4 Å². The van der Waals surface area contributed by atoms with Crippen molar-refractivity contribution in [2.45, 2.75) is 31.6 Å². The molecule has 25 heavy (non-hydrogen) atoms. The molecule has 1 aliphatic carbocycles. The lowest BCUT2D eigenvalue weighted by Crippen LogP contribution is -2.57. The van der Waals surface area contributed by atoms with Crippen LogP contribution in [0.25, 0.3) is 0 Å². The predicted octanol–water partition coefficient (Wildman–Crippen LogP) is 1.59. The first-order valence-electron chi connectivity index (χ1n) is 8.62. The summed E-state index contributed by atoms with van der Waals surface area (Å²) in [6.07, 6.45) is 4.73. The Balaban J connectivity index is 1.57. The van der Waals surface area contributed by atoms with Crippen LogP contribution >= 0.6 is 0 Å². The van der Waals surface area contributed by atoms with Gasteiger partial charge in [-0.15, -0.1) is 0 Å². The summed E-state index contributed by atoms with van der Waals surface area (Å²) in [5.74, 6) is -3.30. The van der Waals surface area contributed by atoms with Crippen LogP contribution in [-0.2, 0) is 4.79 Å². The number of nitrogens with zero attached hydrogens (tertiary/aromatic N) is 4. The van der Waals surface area contributed by atoms with E-state index in [-0.39, 0.29) is 18.0 Å². The quantitative estimate of drug-likeness (QED) is 0.830. The third kappa shape index (κ3) is 3.09. The number of likely N-dealkylation sites (tertiary alicyclic amines) is 2. The van der Waals surface area contributed by atoms with E-state index in [9.17, 15) is 18.4 Å². The smallest absolute Gasteiger partial charge is 0.266 e. The highest BCUT2D eigenvalue weighted by Crippen LogP contribution is 2.46. The monoisotopic (exact) mass is 350 g/mol. The second kappa shape index (κ2) is 5.71. The Morgan fingerprint density at radius 2 is 2.08 bits per heavy atom. The lowest BCUT2D eigenvalue weighted by atomic mass is 9.76. The summed E-state index contributed by atoms with van der Waals surface area (Å²) in [6, 6.07) is 1.45. The van der Waals surface area contributed by atoms with Gasteiger partial charge in [-0.05, 0) is 31.2 Å². The molecule has 2 amide bonds. The SMILES string of the molecule is O=C(c1ccnnc1)N1CC(F)(F)CC2(CCN(CC3CC3)C2=O)C1. The number of rotatable bonds is 3. The minimum atomic E-state index is -3.07. The van der Waals surface area contributed by atoms with Crippen LogP contribution in [0, 0.1) is 11.3 Å². The normalized spacial score (nSPS) is 28.6. The van der Waals surface area contributed by atoms with E-state index in [4.69, 9.17) is 0 Å². The summed E-state index contributed by atoms with van der Waals surface area (Å²) in [5, 5.41) is 7.23. The summed E-state index contributed by atoms with van der Waals surface area (Å²) in [4.78, 5) is 28.3. The molecule has 0 aromatic carbocycles. The average molecular weight is 350 g/mol. The fourth-order valence-electron chi connectivity index (χ4n) is 4.04. The number of carbonyl (C=O) groups is 2. The van der Waals surface area contributed by atoms with E-state index in [2.05, 4.69) is 10.2 Å². The standard InChI is InChI=1S/C17H20F2N4O2/c18-17(19)9-16(4-6-22(15(16)25)8-12-1-2-12)10-23(11-17)14(24)13-3-5-20-21-7-13/h3,5,7,12H,1-2,4,6,8-11H2. The first-order valence-corrected chi connectivity index (χ1v) is 8.62. The van der Waals surface area contributed by atoms with Crippen LogP contribution in [0.1, 0.15) is 36.0 Å². The highest BCUT2D eigenvalue weighted by Gasteiger charge is 2.57. The molecule has 1 aromatic heterocycles. The fraction of sp³-hybridized carbons (Fsp3) is 0.647. The molecule has 6 nitrogen and oxygen atoms in total. The minimum Gasteiger partial charge on any atom is -0.342 e. The van der Waals surface area contributed by atoms with E-state index in [0.717, 1.165) is 17.7 Å². The Kier molecular flexibility index (Phi) is 3.73. The van der Waals surface area contributed by atoms with Crippen LogP contribution in [-0.4, -0.2) is 63.9 Å². The van der Waals surface area contributed by atoms with Crippen LogP contribution in [0.15, 0.2) is 18.5 Å². The van der Waals surface area contributed by atoms with Crippen molar-refractivity contribution >= 4 is 11.8 Å². The Morgan fingerprint density at radius 1 is 1.28 bits per heavy atom. The molecular formula is C17H20F2N4O2. The van der Waals surface area contributed by atoms with Crippen molar-refractivity contribution in [1.29, 1.82) is 0 Å². The largest absolute Gasteiger partial charge is 0.342 e. The molecule has 0 bridgehead atoms. The number of aromatic nitrogens is 2. The lowest BCUT2D eigenvalue weighted by Gasteiger charge is -2.42. The molecule has 0 radical (unpaired) electrons. The fourth-order valence-corrected chi connectivity index (χ4v) is 4.04. The molecule has 1 saturated carbocycles. The van der Waals surface area contributed by atoms with Gasteiger partial charge in [0.25, 0.3) is 11.8 Å². The first kappa shape index (κ1) is 16.4. The Bertz CT molecular complexity index is 695. The number of amides is 2. The molecule has 1 aromatic rings. The van der Waals surface area contributed by atoms with E-state index in [1.165, 1.54) is 18.5 Å². The molecule has 1 atom stereocenters. The van der Waals surface area contributed by atoms with Crippen LogP contribution in [0.2, 0.25) is 0 Å². The maximum Gasteiger partial charge on any atom is 0.266 e. The van der Waals surface area contributed by atoms with E-state index in [1.54, 1.807) is 4.90 Å². The Labute approximate surface area is 144 Å². The van der Waals surface area contributed by atoms with Gasteiger partial charge in [0, 0.05) is 26.1 Å². The summed E-state index contributed by atoms with van der Waals surface area (Å²) >= 11 is 0. The van der Waals surface area contributed by atoms with E-state index < -0.39 is 30.2 Å². The highest BCUT2D eigenvalue weighted by atomic mass is 19.3. The van der Waals surface area contributed by atoms with Gasteiger partial charge in [0.1, 0.15) is 0 Å². The zero-order valence-corrected chi connectivity index (χ0v) is 13.8. The Morgan fingerprint density at radius 3 is 2.76 bits per heavy atom. The molecule has 2 aliphatic heterocycles. The molecule has 0 N–H and O–H groups in total. The zero-order chi connectivity index (χ0) is 17.7. The number of halogens is 2. The molecule has 3 aliphatic rings. The third-order valence-electron chi connectivity index (χ3n) is 5.41. The second-order valence-electron chi connectivity index (χ2n) is 7.55. The van der Waals surface area contributed by atoms with Crippen molar-refractivity contribution in [3.05, 3.63) is 24.0 Å². The summed E-state index contributed by atoms with van der Waals surface area (Å²) in [5.41, 5.74) is -0.949. The number of hydrogen-bond acceptors (Lipinski definition) is 4. The van der Waals surface area contributed by atoms with Gasteiger partial charge in [0.15, 0.2) is 0 Å². The highest BCUT2D eigenvalue weighted by molar-refractivity contribution is 5.95. The number of carbonyl (C=O) groups excluding carboxylic acids is 2. The molecule has 3 fully saturated rings. The van der Waals surface area contributed by atoms with Gasteiger partial charge < -0.3 is 9.80 Å². The minimum absolute atomic E-state index is 0.0454. The molecule has 1 spiro atoms. The van der Waals surface area contributed by atoms with Gasteiger partial charge in [-0.2, -0.15) is 10.2 Å². The maximum atomic E-state index is 14.4. The molecule has 1 unspecified atom stereocenters. The number of hydrogen-bond donors (Lipinski definition) is 0. The van der Waals surface area contributed by atoms with E-state index >= 15 is 0 Å². The lowest BCUT2D eigenvalue weighted by molar-refractivity contribution is -0.151. The van der Waals surface area contributed by atoms with Crippen molar-refractivity contribution in [1.82, 2.24) is 20.0 Å². The van der Waals surface area contributed by atoms with E-state index in [1.807, 2.05) is 0 Å². The van der Waals surface area contributed by atoms with Gasteiger partial charge in [-0.3, -0.25) is 9.59 Å². The van der Waals surface area contributed by atoms with Gasteiger partial charge in [-0.25, -0.2) is 8.78 Å². The van der Waals surface area contributed by atoms with E-state index in [0.29, 0.717) is 25.4 Å². The van der Waals surface area contributed by atoms with Gasteiger partial charge >= 0.3 is 0 Å². The van der Waals surface area contributed by atoms with Gasteiger partial charge in [0.05, 0.1) is 29.9 Å². The molecule has 8 heteroatoms. The predicted molar refractivity (Wildman–Crippen MR) is 83.9 cm³/mol. The van der Waals surface area contributed by atoms with Crippen molar-refractivity contribution in [3.63, 3.8) is 0 Å². The average Bonchev–Trinajstić information content (AvgIpc) is 3.36. The second-order valence-corrected chi connectivity index (χ2v) is 7.55. The van der Waals surface area contributed by atoms with Crippen LogP contribution < -0.4 is 0 Å². The van der Waals surface area contributed by atoms with Crippen molar-refractivity contribution in [2.75, 3.05) is 26.2 Å². The summed E-state index contributed by atoms with van der Waals surface area (Å²) in [7, 11) is 0. The summed E-state index contributed by atoms with van der Waals surface area (Å²) in [6.45, 7) is 0.550. The molecule has 2 saturated heterocycles. The third-order valence-corrected chi connectivity index (χ3v) is 5.41. The van der Waals surface area contributed by atoms with Gasteiger partial charge in [0.2, 0.25) is 5.91 Å².